The summed E-state index contributed by atoms with van der Waals surface area (Å²) < 4.78 is 2.15. The molecule has 0 saturated heterocycles. The summed E-state index contributed by atoms with van der Waals surface area (Å²) in [4.78, 5) is 4.26. The average molecular weight is 298 g/mol. The lowest BCUT2D eigenvalue weighted by Gasteiger charge is -2.09. The van der Waals surface area contributed by atoms with Crippen LogP contribution in [0.15, 0.2) is 61.1 Å². The standard InChI is InChI=1S/C17H16ClN3/c18-15-5-3-14(4-6-15)17-11-20-12-21(17)10-9-13-1-7-16(19)8-2-13/h1-8,11-12H,9-10,19H2. The van der Waals surface area contributed by atoms with Crippen molar-refractivity contribution in [1.29, 1.82) is 0 Å². The molecular formula is C17H16ClN3. The summed E-state index contributed by atoms with van der Waals surface area (Å²) in [7, 11) is 0. The summed E-state index contributed by atoms with van der Waals surface area (Å²) in [6.45, 7) is 0.877. The molecule has 1 heterocycles. The van der Waals surface area contributed by atoms with Crippen LogP contribution in [0.1, 0.15) is 5.56 Å². The largest absolute Gasteiger partial charge is 0.399 e. The molecule has 3 nitrogen and oxygen atoms in total. The maximum Gasteiger partial charge on any atom is 0.0951 e. The number of hydrogen-bond acceptors (Lipinski definition) is 2. The van der Waals surface area contributed by atoms with Gasteiger partial charge in [0.15, 0.2) is 0 Å². The third-order valence-corrected chi connectivity index (χ3v) is 3.73. The van der Waals surface area contributed by atoms with Crippen LogP contribution in [0.3, 0.4) is 0 Å². The SMILES string of the molecule is Nc1ccc(CCn2cncc2-c2ccc(Cl)cc2)cc1. The second kappa shape index (κ2) is 6.02. The minimum atomic E-state index is 0.742. The molecule has 0 unspecified atom stereocenters. The third kappa shape index (κ3) is 3.26. The van der Waals surface area contributed by atoms with Gasteiger partial charge in [-0.2, -0.15) is 0 Å². The fraction of sp³-hybridized carbons (Fsp3) is 0.118. The molecule has 0 aliphatic carbocycles. The van der Waals surface area contributed by atoms with Crippen molar-refractivity contribution in [3.63, 3.8) is 0 Å². The number of rotatable bonds is 4. The summed E-state index contributed by atoms with van der Waals surface area (Å²) >= 11 is 5.93. The van der Waals surface area contributed by atoms with Crippen LogP contribution in [0.4, 0.5) is 5.69 Å². The van der Waals surface area contributed by atoms with E-state index in [1.165, 1.54) is 5.56 Å². The first kappa shape index (κ1) is 13.7. The molecule has 1 aromatic heterocycles. The van der Waals surface area contributed by atoms with Crippen LogP contribution in [0.2, 0.25) is 5.02 Å². The predicted octanol–water partition coefficient (Wildman–Crippen LogP) is 4.03. The number of imidazole rings is 1. The number of nitrogens with two attached hydrogens (primary N) is 1. The third-order valence-electron chi connectivity index (χ3n) is 3.47. The fourth-order valence-electron chi connectivity index (χ4n) is 2.29. The van der Waals surface area contributed by atoms with Crippen LogP contribution in [-0.2, 0) is 13.0 Å². The van der Waals surface area contributed by atoms with E-state index in [9.17, 15) is 0 Å². The van der Waals surface area contributed by atoms with E-state index in [0.717, 1.165) is 34.9 Å². The molecule has 0 saturated carbocycles. The first-order valence-electron chi connectivity index (χ1n) is 6.83. The molecule has 0 bridgehead atoms. The zero-order valence-corrected chi connectivity index (χ0v) is 12.3. The van der Waals surface area contributed by atoms with Crippen LogP contribution in [-0.4, -0.2) is 9.55 Å². The minimum Gasteiger partial charge on any atom is -0.399 e. The highest BCUT2D eigenvalue weighted by Crippen LogP contribution is 2.21. The van der Waals surface area contributed by atoms with E-state index in [2.05, 4.69) is 21.7 Å². The lowest BCUT2D eigenvalue weighted by Crippen LogP contribution is -2.02. The van der Waals surface area contributed by atoms with Crippen molar-refractivity contribution in [2.45, 2.75) is 13.0 Å². The van der Waals surface area contributed by atoms with Gasteiger partial charge in [0, 0.05) is 17.3 Å². The Morgan fingerprint density at radius 2 is 1.71 bits per heavy atom. The van der Waals surface area contributed by atoms with Crippen LogP contribution in [0.5, 0.6) is 0 Å². The van der Waals surface area contributed by atoms with Gasteiger partial charge in [-0.25, -0.2) is 4.98 Å². The number of nitrogen functional groups attached to an aromatic ring is 1. The van der Waals surface area contributed by atoms with E-state index in [1.54, 1.807) is 0 Å². The molecular weight excluding hydrogens is 282 g/mol. The number of halogens is 1. The number of nitrogens with zero attached hydrogens (tertiary/aromatic N) is 2. The highest BCUT2D eigenvalue weighted by molar-refractivity contribution is 6.30. The van der Waals surface area contributed by atoms with Crippen LogP contribution < -0.4 is 5.73 Å². The Morgan fingerprint density at radius 1 is 1.00 bits per heavy atom. The molecule has 0 aliphatic rings. The van der Waals surface area contributed by atoms with Crippen molar-refractivity contribution >= 4 is 17.3 Å². The molecule has 0 fully saturated rings. The summed E-state index contributed by atoms with van der Waals surface area (Å²) in [5.74, 6) is 0. The highest BCUT2D eigenvalue weighted by atomic mass is 35.5. The summed E-state index contributed by atoms with van der Waals surface area (Å²) in [5, 5.41) is 0.742. The Kier molecular flexibility index (Phi) is 3.93. The van der Waals surface area contributed by atoms with E-state index in [1.807, 2.05) is 48.9 Å². The van der Waals surface area contributed by atoms with Crippen LogP contribution in [0, 0.1) is 0 Å². The molecule has 4 heteroatoms. The molecule has 0 amide bonds. The average Bonchev–Trinajstić information content (AvgIpc) is 2.96. The van der Waals surface area contributed by atoms with E-state index in [0.29, 0.717) is 0 Å². The van der Waals surface area contributed by atoms with Crippen molar-refractivity contribution in [1.82, 2.24) is 9.55 Å². The second-order valence-corrected chi connectivity index (χ2v) is 5.41. The predicted molar refractivity (Wildman–Crippen MR) is 87.2 cm³/mol. The molecule has 0 radical (unpaired) electrons. The number of benzene rings is 2. The van der Waals surface area contributed by atoms with Gasteiger partial charge in [-0.3, -0.25) is 0 Å². The van der Waals surface area contributed by atoms with E-state index in [4.69, 9.17) is 17.3 Å². The highest BCUT2D eigenvalue weighted by Gasteiger charge is 2.05. The van der Waals surface area contributed by atoms with Gasteiger partial charge in [0.05, 0.1) is 18.2 Å². The van der Waals surface area contributed by atoms with Crippen molar-refractivity contribution in [3.8, 4) is 11.3 Å². The Morgan fingerprint density at radius 3 is 2.43 bits per heavy atom. The quantitative estimate of drug-likeness (QED) is 0.739. The zero-order chi connectivity index (χ0) is 14.7. The molecule has 2 N–H and O–H groups in total. The Bertz CT molecular complexity index is 715. The molecule has 0 atom stereocenters. The summed E-state index contributed by atoms with van der Waals surface area (Å²) in [5.41, 5.74) is 9.98. The molecule has 3 aromatic rings. The molecule has 0 spiro atoms. The first-order chi connectivity index (χ1) is 10.2. The zero-order valence-electron chi connectivity index (χ0n) is 11.5. The number of aromatic nitrogens is 2. The van der Waals surface area contributed by atoms with Crippen LogP contribution >= 0.6 is 11.6 Å². The second-order valence-electron chi connectivity index (χ2n) is 4.97. The Balaban J connectivity index is 1.76. The maximum absolute atomic E-state index is 5.93. The molecule has 0 aliphatic heterocycles. The van der Waals surface area contributed by atoms with Crippen molar-refractivity contribution in [2.75, 3.05) is 5.73 Å². The fourth-order valence-corrected chi connectivity index (χ4v) is 2.42. The minimum absolute atomic E-state index is 0.742. The molecule has 106 valence electrons. The monoisotopic (exact) mass is 297 g/mol. The van der Waals surface area contributed by atoms with Gasteiger partial charge in [-0.1, -0.05) is 35.9 Å². The van der Waals surface area contributed by atoms with Crippen molar-refractivity contribution in [3.05, 3.63) is 71.6 Å². The van der Waals surface area contributed by atoms with Gasteiger partial charge in [0.2, 0.25) is 0 Å². The molecule has 3 rings (SSSR count). The van der Waals surface area contributed by atoms with Crippen LogP contribution in [0.25, 0.3) is 11.3 Å². The number of anilines is 1. The number of hydrogen-bond donors (Lipinski definition) is 1. The summed E-state index contributed by atoms with van der Waals surface area (Å²) in [6.07, 6.45) is 4.69. The lowest BCUT2D eigenvalue weighted by atomic mass is 10.1. The van der Waals surface area contributed by atoms with Gasteiger partial charge in [-0.05, 0) is 41.8 Å². The Hall–Kier alpha value is -2.26. The van der Waals surface area contributed by atoms with Gasteiger partial charge in [-0.15, -0.1) is 0 Å². The smallest absolute Gasteiger partial charge is 0.0951 e. The van der Waals surface area contributed by atoms with Crippen molar-refractivity contribution < 1.29 is 0 Å². The van der Waals surface area contributed by atoms with E-state index < -0.39 is 0 Å². The lowest BCUT2D eigenvalue weighted by molar-refractivity contribution is 0.702. The first-order valence-corrected chi connectivity index (χ1v) is 7.21. The number of aryl methyl sites for hydroxylation is 2. The van der Waals surface area contributed by atoms with Gasteiger partial charge in [0.25, 0.3) is 0 Å². The molecule has 2 aromatic carbocycles. The van der Waals surface area contributed by atoms with E-state index >= 15 is 0 Å². The Labute approximate surface area is 129 Å². The van der Waals surface area contributed by atoms with Crippen molar-refractivity contribution in [2.24, 2.45) is 0 Å². The van der Waals surface area contributed by atoms with Gasteiger partial charge in [0.1, 0.15) is 0 Å². The summed E-state index contributed by atoms with van der Waals surface area (Å²) in [6, 6.07) is 15.8. The van der Waals surface area contributed by atoms with Gasteiger partial charge < -0.3 is 10.3 Å². The topological polar surface area (TPSA) is 43.8 Å². The van der Waals surface area contributed by atoms with E-state index in [-0.39, 0.29) is 0 Å². The van der Waals surface area contributed by atoms with Gasteiger partial charge >= 0.3 is 0 Å². The maximum atomic E-state index is 5.93. The normalized spacial score (nSPS) is 10.7. The molecule has 21 heavy (non-hydrogen) atoms.